The predicted molar refractivity (Wildman–Crippen MR) is 73.1 cm³/mol. The van der Waals surface area contributed by atoms with Gasteiger partial charge in [0.2, 0.25) is 5.91 Å². The number of benzene rings is 1. The van der Waals surface area contributed by atoms with Crippen molar-refractivity contribution in [2.24, 2.45) is 0 Å². The number of carbonyl (C=O) groups is 1. The Morgan fingerprint density at radius 3 is 2.78 bits per heavy atom. The second-order valence-corrected chi connectivity index (χ2v) is 5.58. The van der Waals surface area contributed by atoms with Crippen LogP contribution in [0.2, 0.25) is 0 Å². The lowest BCUT2D eigenvalue weighted by molar-refractivity contribution is -0.121. The van der Waals surface area contributed by atoms with Gasteiger partial charge in [-0.15, -0.1) is 0 Å². The van der Waals surface area contributed by atoms with E-state index < -0.39 is 0 Å². The monoisotopic (exact) mass is 314 g/mol. The number of halogens is 2. The summed E-state index contributed by atoms with van der Waals surface area (Å²) in [6.45, 7) is 3.65. The molecule has 1 aliphatic rings. The summed E-state index contributed by atoms with van der Waals surface area (Å²) < 4.78 is 13.9. The number of hydrogen-bond donors (Lipinski definition) is 2. The zero-order valence-corrected chi connectivity index (χ0v) is 12.0. The van der Waals surface area contributed by atoms with Gasteiger partial charge in [0, 0.05) is 11.7 Å². The van der Waals surface area contributed by atoms with Crippen molar-refractivity contribution in [2.45, 2.75) is 38.8 Å². The number of aryl methyl sites for hydroxylation is 1. The third-order valence-corrected chi connectivity index (χ3v) is 3.56. The van der Waals surface area contributed by atoms with Gasteiger partial charge in [0.1, 0.15) is 11.9 Å². The Labute approximate surface area is 114 Å². The van der Waals surface area contributed by atoms with E-state index in [-0.39, 0.29) is 17.8 Å². The summed E-state index contributed by atoms with van der Waals surface area (Å²) in [5, 5.41) is 5.95. The first-order valence-electron chi connectivity index (χ1n) is 6.00. The van der Waals surface area contributed by atoms with E-state index in [4.69, 9.17) is 0 Å². The summed E-state index contributed by atoms with van der Waals surface area (Å²) in [4.78, 5) is 11.8. The van der Waals surface area contributed by atoms with Gasteiger partial charge in [-0.05, 0) is 60.3 Å². The molecule has 0 saturated heterocycles. The van der Waals surface area contributed by atoms with Gasteiger partial charge >= 0.3 is 0 Å². The Balaban J connectivity index is 2.03. The molecule has 1 unspecified atom stereocenters. The van der Waals surface area contributed by atoms with E-state index in [1.165, 1.54) is 6.07 Å². The van der Waals surface area contributed by atoms with E-state index >= 15 is 0 Å². The molecule has 1 aliphatic carbocycles. The molecule has 1 aromatic rings. The lowest BCUT2D eigenvalue weighted by Gasteiger charge is -2.17. The van der Waals surface area contributed by atoms with Crippen molar-refractivity contribution >= 4 is 27.5 Å². The van der Waals surface area contributed by atoms with Gasteiger partial charge < -0.3 is 10.6 Å². The zero-order valence-electron chi connectivity index (χ0n) is 10.4. The van der Waals surface area contributed by atoms with Gasteiger partial charge in [-0.2, -0.15) is 0 Å². The second kappa shape index (κ2) is 5.26. The molecule has 0 aliphatic heterocycles. The van der Waals surface area contributed by atoms with E-state index in [1.807, 2.05) is 6.92 Å². The van der Waals surface area contributed by atoms with Crippen molar-refractivity contribution in [1.82, 2.24) is 5.32 Å². The number of rotatable bonds is 4. The summed E-state index contributed by atoms with van der Waals surface area (Å²) in [5.74, 6) is -0.377. The molecule has 2 rings (SSSR count). The first kappa shape index (κ1) is 13.3. The fourth-order valence-electron chi connectivity index (χ4n) is 1.65. The van der Waals surface area contributed by atoms with Gasteiger partial charge in [-0.1, -0.05) is 0 Å². The van der Waals surface area contributed by atoms with Crippen LogP contribution in [0.1, 0.15) is 25.3 Å². The smallest absolute Gasteiger partial charge is 0.242 e. The lowest BCUT2D eigenvalue weighted by Crippen LogP contribution is -2.38. The molecule has 0 aromatic heterocycles. The number of amides is 1. The Morgan fingerprint density at radius 1 is 1.50 bits per heavy atom. The number of carbonyl (C=O) groups excluding carboxylic acids is 1. The Morgan fingerprint density at radius 2 is 2.17 bits per heavy atom. The van der Waals surface area contributed by atoms with Crippen LogP contribution >= 0.6 is 15.9 Å². The second-order valence-electron chi connectivity index (χ2n) is 4.73. The van der Waals surface area contributed by atoms with E-state index in [0.717, 1.165) is 18.4 Å². The third-order valence-electron chi connectivity index (χ3n) is 2.96. The van der Waals surface area contributed by atoms with Gasteiger partial charge in [0.15, 0.2) is 0 Å². The maximum Gasteiger partial charge on any atom is 0.242 e. The number of hydrogen-bond acceptors (Lipinski definition) is 2. The van der Waals surface area contributed by atoms with E-state index in [1.54, 1.807) is 13.0 Å². The average Bonchev–Trinajstić information content (AvgIpc) is 3.09. The van der Waals surface area contributed by atoms with Crippen molar-refractivity contribution in [3.8, 4) is 0 Å². The fraction of sp³-hybridized carbons (Fsp3) is 0.462. The molecule has 1 atom stereocenters. The van der Waals surface area contributed by atoms with Crippen LogP contribution in [0.4, 0.5) is 10.1 Å². The molecule has 1 fully saturated rings. The standard InChI is InChI=1S/C13H16BrFN2O/c1-7-5-10(14)11(15)6-12(7)16-8(2)13(18)17-9-3-4-9/h5-6,8-9,16H,3-4H2,1-2H3,(H,17,18). The van der Waals surface area contributed by atoms with Crippen LogP contribution in [0.5, 0.6) is 0 Å². The van der Waals surface area contributed by atoms with Gasteiger partial charge in [-0.25, -0.2) is 4.39 Å². The maximum atomic E-state index is 13.4. The zero-order chi connectivity index (χ0) is 13.3. The normalized spacial score (nSPS) is 16.2. The van der Waals surface area contributed by atoms with Crippen LogP contribution < -0.4 is 10.6 Å². The van der Waals surface area contributed by atoms with Gasteiger partial charge in [-0.3, -0.25) is 4.79 Å². The molecule has 0 heterocycles. The third kappa shape index (κ3) is 3.22. The Bertz CT molecular complexity index is 474. The topological polar surface area (TPSA) is 41.1 Å². The molecule has 2 N–H and O–H groups in total. The Hall–Kier alpha value is -1.10. The summed E-state index contributed by atoms with van der Waals surface area (Å²) in [5.41, 5.74) is 1.54. The highest BCUT2D eigenvalue weighted by Gasteiger charge is 2.25. The Kier molecular flexibility index (Phi) is 3.90. The van der Waals surface area contributed by atoms with Crippen molar-refractivity contribution < 1.29 is 9.18 Å². The van der Waals surface area contributed by atoms with Crippen molar-refractivity contribution in [1.29, 1.82) is 0 Å². The van der Waals surface area contributed by atoms with E-state index in [9.17, 15) is 9.18 Å². The fourth-order valence-corrected chi connectivity index (χ4v) is 2.11. The largest absolute Gasteiger partial charge is 0.374 e. The van der Waals surface area contributed by atoms with Crippen LogP contribution in [0, 0.1) is 12.7 Å². The number of nitrogens with one attached hydrogen (secondary N) is 2. The predicted octanol–water partition coefficient (Wildman–Crippen LogP) is 2.98. The first-order valence-corrected chi connectivity index (χ1v) is 6.79. The summed E-state index contributed by atoms with van der Waals surface area (Å²) >= 11 is 3.13. The van der Waals surface area contributed by atoms with Crippen LogP contribution in [-0.2, 0) is 4.79 Å². The van der Waals surface area contributed by atoms with E-state index in [2.05, 4.69) is 26.6 Å². The quantitative estimate of drug-likeness (QED) is 0.897. The number of anilines is 1. The SMILES string of the molecule is Cc1cc(Br)c(F)cc1NC(C)C(=O)NC1CC1. The van der Waals surface area contributed by atoms with Crippen LogP contribution in [0.3, 0.4) is 0 Å². The molecule has 1 amide bonds. The molecule has 0 bridgehead atoms. The molecule has 18 heavy (non-hydrogen) atoms. The van der Waals surface area contributed by atoms with Crippen LogP contribution in [-0.4, -0.2) is 18.0 Å². The molecule has 0 spiro atoms. The molecule has 1 aromatic carbocycles. The molecule has 3 nitrogen and oxygen atoms in total. The summed E-state index contributed by atoms with van der Waals surface area (Å²) in [6.07, 6.45) is 2.12. The van der Waals surface area contributed by atoms with Crippen LogP contribution in [0.15, 0.2) is 16.6 Å². The highest BCUT2D eigenvalue weighted by Crippen LogP contribution is 2.24. The van der Waals surface area contributed by atoms with Crippen LogP contribution in [0.25, 0.3) is 0 Å². The molecule has 98 valence electrons. The minimum atomic E-state index is -0.370. The lowest BCUT2D eigenvalue weighted by atomic mass is 10.1. The summed E-state index contributed by atoms with van der Waals surface area (Å²) in [6, 6.07) is 3.07. The molecular formula is C13H16BrFN2O. The minimum Gasteiger partial charge on any atom is -0.374 e. The summed E-state index contributed by atoms with van der Waals surface area (Å²) in [7, 11) is 0. The molecular weight excluding hydrogens is 299 g/mol. The highest BCUT2D eigenvalue weighted by molar-refractivity contribution is 9.10. The van der Waals surface area contributed by atoms with Crippen molar-refractivity contribution in [2.75, 3.05) is 5.32 Å². The van der Waals surface area contributed by atoms with Gasteiger partial charge in [0.05, 0.1) is 4.47 Å². The van der Waals surface area contributed by atoms with Crippen molar-refractivity contribution in [3.05, 3.63) is 28.0 Å². The van der Waals surface area contributed by atoms with Crippen molar-refractivity contribution in [3.63, 3.8) is 0 Å². The minimum absolute atomic E-state index is 0.0415. The molecule has 1 saturated carbocycles. The maximum absolute atomic E-state index is 13.4. The average molecular weight is 315 g/mol. The van der Waals surface area contributed by atoms with Gasteiger partial charge in [0.25, 0.3) is 0 Å². The molecule has 5 heteroatoms. The van der Waals surface area contributed by atoms with E-state index in [0.29, 0.717) is 16.2 Å². The molecule has 0 radical (unpaired) electrons. The first-order chi connectivity index (χ1) is 8.47. The highest BCUT2D eigenvalue weighted by atomic mass is 79.9.